The molecule has 2 rings (SSSR count). The second kappa shape index (κ2) is 8.40. The average Bonchev–Trinajstić information content (AvgIpc) is 3.01. The van der Waals surface area contributed by atoms with Crippen LogP contribution in [-0.4, -0.2) is 59.3 Å². The van der Waals surface area contributed by atoms with Crippen LogP contribution in [0.1, 0.15) is 0 Å². The van der Waals surface area contributed by atoms with Gasteiger partial charge in [-0.05, 0) is 12.1 Å². The van der Waals surface area contributed by atoms with Crippen LogP contribution in [0.5, 0.6) is 11.5 Å². The predicted octanol–water partition coefficient (Wildman–Crippen LogP) is 1.29. The maximum Gasteiger partial charge on any atom is 0.238 e. The first kappa shape index (κ1) is 17.1. The van der Waals surface area contributed by atoms with E-state index in [-0.39, 0.29) is 17.0 Å². The van der Waals surface area contributed by atoms with E-state index in [1.165, 1.54) is 7.11 Å². The van der Waals surface area contributed by atoms with E-state index in [4.69, 9.17) is 9.47 Å². The lowest BCUT2D eigenvalue weighted by Gasteiger charge is -2.23. The van der Waals surface area contributed by atoms with Crippen molar-refractivity contribution in [3.8, 4) is 11.5 Å². The maximum absolute atomic E-state index is 12.1. The molecule has 122 valence electrons. The van der Waals surface area contributed by atoms with Crippen LogP contribution in [0.25, 0.3) is 0 Å². The Kier molecular flexibility index (Phi) is 6.53. The highest BCUT2D eigenvalue weighted by Gasteiger charge is 2.30. The van der Waals surface area contributed by atoms with Crippen LogP contribution >= 0.6 is 11.8 Å². The molecule has 22 heavy (non-hydrogen) atoms. The summed E-state index contributed by atoms with van der Waals surface area (Å²) < 4.78 is 27.0. The molecule has 0 radical (unpaired) electrons. The molecular weight excluding hydrogens is 326 g/mol. The van der Waals surface area contributed by atoms with E-state index in [1.807, 2.05) is 24.3 Å². The molecule has 0 spiro atoms. The van der Waals surface area contributed by atoms with Crippen molar-refractivity contribution in [2.45, 2.75) is 5.37 Å². The summed E-state index contributed by atoms with van der Waals surface area (Å²) >= 11 is 0.0714. The number of carbonyl (C=O) groups is 1. The fourth-order valence-corrected chi connectivity index (χ4v) is 3.71. The van der Waals surface area contributed by atoms with Crippen LogP contribution in [0.2, 0.25) is 0 Å². The fraction of sp³-hybridized carbons (Fsp3) is 0.500. The Labute approximate surface area is 136 Å². The summed E-state index contributed by atoms with van der Waals surface area (Å²) in [5.74, 6) is 1.83. The molecular formula is C14H19NO5S2. The highest BCUT2D eigenvalue weighted by atomic mass is 32.2. The van der Waals surface area contributed by atoms with Crippen LogP contribution in [0.3, 0.4) is 0 Å². The molecule has 0 bridgehead atoms. The van der Waals surface area contributed by atoms with Gasteiger partial charge in [0.1, 0.15) is 17.7 Å². The molecule has 1 aliphatic heterocycles. The summed E-state index contributed by atoms with van der Waals surface area (Å²) in [4.78, 5) is 13.8. The standard InChI is InChI=1S/C14H19NO5S2/c1-18-11-5-3-4-6-12(11)20-9-14-15(7-8-21-14)13(16)10-22(17)19-2/h3-6,14H,7-10H2,1-2H3/t14-,22+/m0/s1. The molecule has 1 aromatic carbocycles. The van der Waals surface area contributed by atoms with Crippen LogP contribution in [0.4, 0.5) is 0 Å². The lowest BCUT2D eigenvalue weighted by Crippen LogP contribution is -2.40. The van der Waals surface area contributed by atoms with Gasteiger partial charge in [-0.25, -0.2) is 4.21 Å². The van der Waals surface area contributed by atoms with E-state index in [9.17, 15) is 9.00 Å². The Morgan fingerprint density at radius 3 is 2.77 bits per heavy atom. The van der Waals surface area contributed by atoms with Gasteiger partial charge in [0.15, 0.2) is 22.6 Å². The molecule has 2 atom stereocenters. The summed E-state index contributed by atoms with van der Waals surface area (Å²) in [5.41, 5.74) is 0. The highest BCUT2D eigenvalue weighted by Crippen LogP contribution is 2.29. The van der Waals surface area contributed by atoms with Gasteiger partial charge in [0.05, 0.1) is 14.2 Å². The van der Waals surface area contributed by atoms with Gasteiger partial charge in [-0.15, -0.1) is 11.8 Å². The Balaban J connectivity index is 1.94. The van der Waals surface area contributed by atoms with E-state index < -0.39 is 11.1 Å². The Bertz CT molecular complexity index is 540. The first-order valence-corrected chi connectivity index (χ1v) is 9.04. The van der Waals surface area contributed by atoms with Crippen molar-refractivity contribution in [2.75, 3.05) is 38.9 Å². The molecule has 1 aliphatic rings. The van der Waals surface area contributed by atoms with Gasteiger partial charge in [-0.2, -0.15) is 0 Å². The van der Waals surface area contributed by atoms with Gasteiger partial charge in [0.2, 0.25) is 5.91 Å². The third-order valence-corrected chi connectivity index (χ3v) is 5.24. The minimum absolute atomic E-state index is 0.0914. The molecule has 1 fully saturated rings. The van der Waals surface area contributed by atoms with E-state index in [0.717, 1.165) is 5.75 Å². The molecule has 0 unspecified atom stereocenters. The van der Waals surface area contributed by atoms with Crippen molar-refractivity contribution in [3.63, 3.8) is 0 Å². The first-order chi connectivity index (χ1) is 10.7. The van der Waals surface area contributed by atoms with Crippen molar-refractivity contribution in [1.29, 1.82) is 0 Å². The summed E-state index contributed by atoms with van der Waals surface area (Å²) in [6.07, 6.45) is 0. The SMILES string of the molecule is COc1ccccc1OC[C@@H]1SCCN1C(=O)C[S@](=O)OC. The molecule has 0 saturated carbocycles. The number of para-hydroxylation sites is 2. The number of hydrogen-bond donors (Lipinski definition) is 0. The highest BCUT2D eigenvalue weighted by molar-refractivity contribution is 8.00. The second-order valence-corrected chi connectivity index (χ2v) is 7.00. The van der Waals surface area contributed by atoms with E-state index in [0.29, 0.717) is 24.7 Å². The Morgan fingerprint density at radius 2 is 2.09 bits per heavy atom. The van der Waals surface area contributed by atoms with Gasteiger partial charge in [0, 0.05) is 12.3 Å². The lowest BCUT2D eigenvalue weighted by molar-refractivity contribution is -0.128. The smallest absolute Gasteiger partial charge is 0.238 e. The Hall–Kier alpha value is -1.25. The van der Waals surface area contributed by atoms with Crippen molar-refractivity contribution in [1.82, 2.24) is 4.90 Å². The summed E-state index contributed by atoms with van der Waals surface area (Å²) in [5, 5.41) is -0.0914. The molecule has 8 heteroatoms. The topological polar surface area (TPSA) is 65.1 Å². The number of nitrogens with zero attached hydrogens (tertiary/aromatic N) is 1. The van der Waals surface area contributed by atoms with E-state index in [1.54, 1.807) is 23.8 Å². The predicted molar refractivity (Wildman–Crippen MR) is 86.5 cm³/mol. The fourth-order valence-electron chi connectivity index (χ4n) is 2.09. The zero-order valence-corrected chi connectivity index (χ0v) is 14.2. The van der Waals surface area contributed by atoms with Crippen molar-refractivity contribution < 1.29 is 22.7 Å². The molecule has 1 amide bonds. The number of hydrogen-bond acceptors (Lipinski definition) is 6. The third-order valence-electron chi connectivity index (χ3n) is 3.19. The minimum Gasteiger partial charge on any atom is -0.493 e. The van der Waals surface area contributed by atoms with Crippen molar-refractivity contribution in [3.05, 3.63) is 24.3 Å². The zero-order valence-electron chi connectivity index (χ0n) is 12.5. The van der Waals surface area contributed by atoms with Crippen LogP contribution in [-0.2, 0) is 20.1 Å². The van der Waals surface area contributed by atoms with E-state index in [2.05, 4.69) is 4.18 Å². The summed E-state index contributed by atoms with van der Waals surface area (Å²) in [7, 11) is 2.91. The molecule has 0 aliphatic carbocycles. The number of benzene rings is 1. The minimum atomic E-state index is -1.57. The molecule has 6 nitrogen and oxygen atoms in total. The molecule has 1 saturated heterocycles. The first-order valence-electron chi connectivity index (χ1n) is 6.75. The van der Waals surface area contributed by atoms with Gasteiger partial charge in [0.25, 0.3) is 0 Å². The number of rotatable bonds is 7. The zero-order chi connectivity index (χ0) is 15.9. The monoisotopic (exact) mass is 345 g/mol. The summed E-state index contributed by atoms with van der Waals surface area (Å²) in [6, 6.07) is 7.38. The largest absolute Gasteiger partial charge is 0.493 e. The number of amides is 1. The molecule has 1 aromatic rings. The number of methoxy groups -OCH3 is 1. The second-order valence-electron chi connectivity index (χ2n) is 4.49. The van der Waals surface area contributed by atoms with Crippen LogP contribution in [0.15, 0.2) is 24.3 Å². The Morgan fingerprint density at radius 1 is 1.36 bits per heavy atom. The van der Waals surface area contributed by atoms with Crippen LogP contribution < -0.4 is 9.47 Å². The third kappa shape index (κ3) is 4.37. The van der Waals surface area contributed by atoms with Crippen molar-refractivity contribution >= 4 is 28.7 Å². The number of carbonyl (C=O) groups excluding carboxylic acids is 1. The normalized spacial score (nSPS) is 19.0. The van der Waals surface area contributed by atoms with Crippen LogP contribution in [0, 0.1) is 0 Å². The molecule has 1 heterocycles. The quantitative estimate of drug-likeness (QED) is 0.742. The van der Waals surface area contributed by atoms with E-state index >= 15 is 0 Å². The van der Waals surface area contributed by atoms with Gasteiger partial charge in [-0.1, -0.05) is 12.1 Å². The number of thioether (sulfide) groups is 1. The van der Waals surface area contributed by atoms with Gasteiger partial charge < -0.3 is 14.4 Å². The van der Waals surface area contributed by atoms with Gasteiger partial charge >= 0.3 is 0 Å². The van der Waals surface area contributed by atoms with Crippen molar-refractivity contribution in [2.24, 2.45) is 0 Å². The molecule has 0 aromatic heterocycles. The summed E-state index contributed by atoms with van der Waals surface area (Å²) in [6.45, 7) is 0.987. The lowest BCUT2D eigenvalue weighted by atomic mass is 10.3. The molecule has 0 N–H and O–H groups in total. The average molecular weight is 345 g/mol. The van der Waals surface area contributed by atoms with Gasteiger partial charge in [-0.3, -0.25) is 8.98 Å². The number of ether oxygens (including phenoxy) is 2. The maximum atomic E-state index is 12.1.